The van der Waals surface area contributed by atoms with Crippen molar-refractivity contribution in [1.82, 2.24) is 5.32 Å². The van der Waals surface area contributed by atoms with Crippen molar-refractivity contribution in [2.45, 2.75) is 13.3 Å². The standard InChI is InChI=1S/C22H20N2O3S/c1-3-15-7-11-17(12-8-15)24-21(26)19(20(25)23-22(24)28)6-4-5-16-9-13-18(27-2)14-10-16/h4-14H,3H2,1-2H3,(H,23,25,28)/b5-4+,19-6+. The van der Waals surface area contributed by atoms with Crippen LogP contribution in [-0.2, 0) is 16.0 Å². The molecule has 2 aromatic carbocycles. The summed E-state index contributed by atoms with van der Waals surface area (Å²) in [6.07, 6.45) is 5.87. The molecule has 1 aliphatic rings. The molecule has 0 saturated carbocycles. The second-order valence-corrected chi connectivity index (χ2v) is 6.52. The van der Waals surface area contributed by atoms with Crippen LogP contribution in [0.5, 0.6) is 5.75 Å². The maximum absolute atomic E-state index is 12.9. The normalized spacial score (nSPS) is 16.0. The average molecular weight is 392 g/mol. The number of anilines is 1. The molecule has 142 valence electrons. The molecule has 1 N–H and O–H groups in total. The number of carbonyl (C=O) groups excluding carboxylic acids is 2. The molecular weight excluding hydrogens is 372 g/mol. The fourth-order valence-corrected chi connectivity index (χ4v) is 3.04. The number of carbonyl (C=O) groups is 2. The van der Waals surface area contributed by atoms with Gasteiger partial charge < -0.3 is 4.74 Å². The molecule has 1 fully saturated rings. The van der Waals surface area contributed by atoms with Gasteiger partial charge in [0.05, 0.1) is 12.8 Å². The molecule has 6 heteroatoms. The lowest BCUT2D eigenvalue weighted by molar-refractivity contribution is -0.122. The van der Waals surface area contributed by atoms with Crippen molar-refractivity contribution in [3.8, 4) is 5.75 Å². The van der Waals surface area contributed by atoms with E-state index in [1.54, 1.807) is 19.3 Å². The predicted octanol–water partition coefficient (Wildman–Crippen LogP) is 3.65. The number of amides is 2. The fraction of sp³-hybridized carbons (Fsp3) is 0.136. The summed E-state index contributed by atoms with van der Waals surface area (Å²) >= 11 is 5.21. The third-order valence-electron chi connectivity index (χ3n) is 4.37. The van der Waals surface area contributed by atoms with Gasteiger partial charge >= 0.3 is 0 Å². The number of hydrogen-bond acceptors (Lipinski definition) is 4. The highest BCUT2D eigenvalue weighted by atomic mass is 32.1. The summed E-state index contributed by atoms with van der Waals surface area (Å²) < 4.78 is 5.12. The summed E-state index contributed by atoms with van der Waals surface area (Å²) in [7, 11) is 1.61. The summed E-state index contributed by atoms with van der Waals surface area (Å²) in [4.78, 5) is 26.5. The molecule has 2 aromatic rings. The number of benzene rings is 2. The number of nitrogens with zero attached hydrogens (tertiary/aromatic N) is 1. The van der Waals surface area contributed by atoms with Gasteiger partial charge in [-0.05, 0) is 60.1 Å². The quantitative estimate of drug-likeness (QED) is 0.479. The topological polar surface area (TPSA) is 58.6 Å². The van der Waals surface area contributed by atoms with Gasteiger partial charge in [-0.15, -0.1) is 0 Å². The molecule has 0 spiro atoms. The van der Waals surface area contributed by atoms with E-state index in [1.165, 1.54) is 11.0 Å². The van der Waals surface area contributed by atoms with Gasteiger partial charge in [-0.3, -0.25) is 19.8 Å². The van der Waals surface area contributed by atoms with E-state index < -0.39 is 11.8 Å². The van der Waals surface area contributed by atoms with Crippen LogP contribution in [-0.4, -0.2) is 24.0 Å². The predicted molar refractivity (Wildman–Crippen MR) is 114 cm³/mol. The van der Waals surface area contributed by atoms with E-state index in [4.69, 9.17) is 17.0 Å². The number of allylic oxidation sites excluding steroid dienone is 2. The second-order valence-electron chi connectivity index (χ2n) is 6.13. The molecular formula is C22H20N2O3S. The fourth-order valence-electron chi connectivity index (χ4n) is 2.76. The zero-order valence-corrected chi connectivity index (χ0v) is 16.5. The maximum atomic E-state index is 12.9. The number of thiocarbonyl (C=S) groups is 1. The minimum absolute atomic E-state index is 0.0259. The van der Waals surface area contributed by atoms with Crippen LogP contribution in [0.1, 0.15) is 18.1 Å². The van der Waals surface area contributed by atoms with E-state index in [0.717, 1.165) is 23.3 Å². The summed E-state index contributed by atoms with van der Waals surface area (Å²) in [5.41, 5.74) is 2.72. The van der Waals surface area contributed by atoms with Gasteiger partial charge in [0, 0.05) is 0 Å². The first-order valence-electron chi connectivity index (χ1n) is 8.84. The van der Waals surface area contributed by atoms with Crippen molar-refractivity contribution in [2.24, 2.45) is 0 Å². The lowest BCUT2D eigenvalue weighted by Gasteiger charge is -2.28. The Morgan fingerprint density at radius 2 is 1.75 bits per heavy atom. The van der Waals surface area contributed by atoms with Crippen LogP contribution < -0.4 is 15.0 Å². The van der Waals surface area contributed by atoms with Gasteiger partial charge in [0.25, 0.3) is 11.8 Å². The van der Waals surface area contributed by atoms with Crippen molar-refractivity contribution >= 4 is 40.9 Å². The number of aryl methyl sites for hydroxylation is 1. The van der Waals surface area contributed by atoms with Gasteiger partial charge in [0.15, 0.2) is 5.11 Å². The van der Waals surface area contributed by atoms with Crippen molar-refractivity contribution in [3.63, 3.8) is 0 Å². The zero-order chi connectivity index (χ0) is 20.1. The summed E-state index contributed by atoms with van der Waals surface area (Å²) in [5.74, 6) is -0.191. The van der Waals surface area contributed by atoms with Crippen molar-refractivity contribution in [3.05, 3.63) is 77.4 Å². The second kappa shape index (κ2) is 8.63. The molecule has 1 heterocycles. The van der Waals surface area contributed by atoms with Crippen molar-refractivity contribution in [2.75, 3.05) is 12.0 Å². The lowest BCUT2D eigenvalue weighted by atomic mass is 10.1. The molecule has 1 aliphatic heterocycles. The highest BCUT2D eigenvalue weighted by Gasteiger charge is 2.33. The number of hydrogen-bond donors (Lipinski definition) is 1. The van der Waals surface area contributed by atoms with Crippen LogP contribution >= 0.6 is 12.2 Å². The monoisotopic (exact) mass is 392 g/mol. The van der Waals surface area contributed by atoms with Crippen LogP contribution in [0, 0.1) is 0 Å². The average Bonchev–Trinajstić information content (AvgIpc) is 2.71. The molecule has 0 aliphatic carbocycles. The number of nitrogens with one attached hydrogen (secondary N) is 1. The Balaban J connectivity index is 1.83. The molecule has 0 atom stereocenters. The number of ether oxygens (including phenoxy) is 1. The molecule has 1 saturated heterocycles. The van der Waals surface area contributed by atoms with E-state index in [0.29, 0.717) is 5.69 Å². The minimum Gasteiger partial charge on any atom is -0.497 e. The van der Waals surface area contributed by atoms with Crippen LogP contribution in [0.25, 0.3) is 6.08 Å². The van der Waals surface area contributed by atoms with E-state index >= 15 is 0 Å². The van der Waals surface area contributed by atoms with Crippen LogP contribution in [0.15, 0.2) is 66.3 Å². The molecule has 0 unspecified atom stereocenters. The van der Waals surface area contributed by atoms with Gasteiger partial charge in [0.2, 0.25) is 0 Å². The first kappa shape index (κ1) is 19.5. The Bertz CT molecular complexity index is 960. The zero-order valence-electron chi connectivity index (χ0n) is 15.6. The Morgan fingerprint density at radius 1 is 1.07 bits per heavy atom. The number of rotatable bonds is 5. The van der Waals surface area contributed by atoms with Gasteiger partial charge in [-0.1, -0.05) is 43.3 Å². The highest BCUT2D eigenvalue weighted by Crippen LogP contribution is 2.21. The smallest absolute Gasteiger partial charge is 0.270 e. The van der Waals surface area contributed by atoms with Crippen molar-refractivity contribution in [1.29, 1.82) is 0 Å². The van der Waals surface area contributed by atoms with Gasteiger partial charge in [0.1, 0.15) is 11.3 Å². The van der Waals surface area contributed by atoms with E-state index in [1.807, 2.05) is 48.5 Å². The Hall–Kier alpha value is -3.25. The summed E-state index contributed by atoms with van der Waals surface area (Å²) in [6, 6.07) is 15.0. The number of methoxy groups -OCH3 is 1. The van der Waals surface area contributed by atoms with Crippen molar-refractivity contribution < 1.29 is 14.3 Å². The molecule has 0 aromatic heterocycles. The first-order chi connectivity index (χ1) is 13.5. The first-order valence-corrected chi connectivity index (χ1v) is 9.25. The minimum atomic E-state index is -0.504. The molecule has 0 radical (unpaired) electrons. The van der Waals surface area contributed by atoms with E-state index in [-0.39, 0.29) is 10.7 Å². The third kappa shape index (κ3) is 4.18. The Kier molecular flexibility index (Phi) is 6.01. The van der Waals surface area contributed by atoms with E-state index in [9.17, 15) is 9.59 Å². The molecule has 3 rings (SSSR count). The Morgan fingerprint density at radius 3 is 2.36 bits per heavy atom. The lowest BCUT2D eigenvalue weighted by Crippen LogP contribution is -2.54. The largest absolute Gasteiger partial charge is 0.497 e. The van der Waals surface area contributed by atoms with Gasteiger partial charge in [-0.2, -0.15) is 0 Å². The van der Waals surface area contributed by atoms with Gasteiger partial charge in [-0.25, -0.2) is 0 Å². The molecule has 5 nitrogen and oxygen atoms in total. The maximum Gasteiger partial charge on any atom is 0.270 e. The SMILES string of the molecule is CCc1ccc(N2C(=O)/C(=C/C=C/c3ccc(OC)cc3)C(=O)NC2=S)cc1. The van der Waals surface area contributed by atoms with Crippen LogP contribution in [0.2, 0.25) is 0 Å². The third-order valence-corrected chi connectivity index (χ3v) is 4.66. The summed E-state index contributed by atoms with van der Waals surface area (Å²) in [5, 5.41) is 2.66. The molecule has 28 heavy (non-hydrogen) atoms. The van der Waals surface area contributed by atoms with Crippen LogP contribution in [0.4, 0.5) is 5.69 Å². The molecule has 2 amide bonds. The van der Waals surface area contributed by atoms with Crippen LogP contribution in [0.3, 0.4) is 0 Å². The summed E-state index contributed by atoms with van der Waals surface area (Å²) in [6.45, 7) is 2.06. The molecule has 0 bridgehead atoms. The highest BCUT2D eigenvalue weighted by molar-refractivity contribution is 7.80. The van der Waals surface area contributed by atoms with E-state index in [2.05, 4.69) is 12.2 Å². The Labute approximate surface area is 169 Å².